The van der Waals surface area contributed by atoms with Gasteiger partial charge in [0, 0.05) is 12.8 Å². The lowest BCUT2D eigenvalue weighted by molar-refractivity contribution is -0.161. The number of carbonyl (C=O) groups excluding carboxylic acids is 2. The van der Waals surface area contributed by atoms with Gasteiger partial charge in [-0.25, -0.2) is 4.57 Å². The van der Waals surface area contributed by atoms with E-state index in [4.69, 9.17) is 24.8 Å². The molecule has 4 N–H and O–H groups in total. The van der Waals surface area contributed by atoms with Gasteiger partial charge < -0.3 is 25.2 Å². The average molecular weight is 706 g/mol. The van der Waals surface area contributed by atoms with Crippen LogP contribution in [0.4, 0.5) is 0 Å². The number of allylic oxidation sites excluding steroid dienone is 2. The Bertz CT molecular complexity index is 885. The van der Waals surface area contributed by atoms with Crippen molar-refractivity contribution in [3.05, 3.63) is 12.2 Å². The summed E-state index contributed by atoms with van der Waals surface area (Å²) in [6.07, 6.45) is 28.6. The maximum Gasteiger partial charge on any atom is 0.472 e. The van der Waals surface area contributed by atoms with Gasteiger partial charge in [0.2, 0.25) is 0 Å². The number of carbonyl (C=O) groups is 3. The Balaban J connectivity index is 4.38. The standard InChI is InChI=1S/C36H68NO10P/c1-3-5-7-9-11-13-14-15-16-17-18-20-21-23-25-27-34(38)44-29-32(30-45-48(42,43)46-31-33(37)36(40)41)47-35(39)28-26-24-22-19-12-10-8-6-4-2/h9,11,32-33H,3-8,10,12-31,37H2,1-2H3,(H,40,41)(H,42,43)/b11-9+/t32-,33+/m0/s1. The quantitative estimate of drug-likeness (QED) is 0.0249. The number of nitrogens with two attached hydrogens (primary N) is 1. The first-order valence-electron chi connectivity index (χ1n) is 18.7. The third-order valence-electron chi connectivity index (χ3n) is 8.01. The smallest absolute Gasteiger partial charge is 0.472 e. The molecule has 0 aliphatic heterocycles. The number of esters is 2. The van der Waals surface area contributed by atoms with Crippen LogP contribution in [0.2, 0.25) is 0 Å². The summed E-state index contributed by atoms with van der Waals surface area (Å²) < 4.78 is 32.5. The van der Waals surface area contributed by atoms with Crippen molar-refractivity contribution in [3.63, 3.8) is 0 Å². The molecule has 0 radical (unpaired) electrons. The van der Waals surface area contributed by atoms with Crippen LogP contribution in [-0.2, 0) is 37.5 Å². The zero-order valence-electron chi connectivity index (χ0n) is 30.1. The van der Waals surface area contributed by atoms with Crippen LogP contribution in [0.3, 0.4) is 0 Å². The van der Waals surface area contributed by atoms with Crippen LogP contribution in [0.15, 0.2) is 12.2 Å². The van der Waals surface area contributed by atoms with Crippen molar-refractivity contribution in [1.82, 2.24) is 0 Å². The summed E-state index contributed by atoms with van der Waals surface area (Å²) in [7, 11) is -4.70. The van der Waals surface area contributed by atoms with Gasteiger partial charge in [-0.1, -0.05) is 135 Å². The fourth-order valence-corrected chi connectivity index (χ4v) is 5.76. The second-order valence-electron chi connectivity index (χ2n) is 12.7. The van der Waals surface area contributed by atoms with E-state index in [0.29, 0.717) is 12.8 Å². The Morgan fingerprint density at radius 2 is 1.06 bits per heavy atom. The molecule has 48 heavy (non-hydrogen) atoms. The normalized spacial score (nSPS) is 14.1. The van der Waals surface area contributed by atoms with E-state index in [1.807, 2.05) is 0 Å². The van der Waals surface area contributed by atoms with Crippen LogP contribution < -0.4 is 5.73 Å². The molecule has 0 aromatic carbocycles. The van der Waals surface area contributed by atoms with Crippen LogP contribution in [0.5, 0.6) is 0 Å². The minimum absolute atomic E-state index is 0.164. The number of phosphoric ester groups is 1. The first kappa shape index (κ1) is 46.2. The Morgan fingerprint density at radius 1 is 0.625 bits per heavy atom. The predicted octanol–water partition coefficient (Wildman–Crippen LogP) is 8.95. The fourth-order valence-electron chi connectivity index (χ4n) is 4.99. The molecule has 12 heteroatoms. The van der Waals surface area contributed by atoms with E-state index in [2.05, 4.69) is 30.5 Å². The molecule has 0 spiro atoms. The molecular formula is C36H68NO10P. The number of hydrogen-bond donors (Lipinski definition) is 3. The van der Waals surface area contributed by atoms with E-state index < -0.39 is 51.1 Å². The number of rotatable bonds is 35. The summed E-state index contributed by atoms with van der Waals surface area (Å²) in [5.41, 5.74) is 5.30. The Labute approximate surface area is 290 Å². The van der Waals surface area contributed by atoms with E-state index in [-0.39, 0.29) is 19.4 Å². The van der Waals surface area contributed by atoms with Crippen LogP contribution in [-0.4, -0.2) is 59.9 Å². The third kappa shape index (κ3) is 31.5. The molecular weight excluding hydrogens is 637 g/mol. The van der Waals surface area contributed by atoms with Crippen molar-refractivity contribution in [2.75, 3.05) is 19.8 Å². The lowest BCUT2D eigenvalue weighted by Gasteiger charge is -2.20. The Morgan fingerprint density at radius 3 is 1.58 bits per heavy atom. The van der Waals surface area contributed by atoms with Crippen LogP contribution in [0.25, 0.3) is 0 Å². The summed E-state index contributed by atoms with van der Waals surface area (Å²) in [6.45, 7) is 2.73. The number of carboxylic acids is 1. The number of hydrogen-bond acceptors (Lipinski definition) is 9. The number of unbranched alkanes of at least 4 members (excludes halogenated alkanes) is 19. The molecule has 0 aromatic heterocycles. The van der Waals surface area contributed by atoms with Crippen LogP contribution >= 0.6 is 7.82 Å². The number of aliphatic carboxylic acids is 1. The van der Waals surface area contributed by atoms with E-state index in [9.17, 15) is 23.8 Å². The molecule has 0 aliphatic rings. The van der Waals surface area contributed by atoms with Gasteiger partial charge in [-0.05, 0) is 32.1 Å². The summed E-state index contributed by atoms with van der Waals surface area (Å²) in [5.74, 6) is -2.38. The van der Waals surface area contributed by atoms with E-state index in [1.165, 1.54) is 89.9 Å². The molecule has 11 nitrogen and oxygen atoms in total. The molecule has 3 atom stereocenters. The van der Waals surface area contributed by atoms with Crippen molar-refractivity contribution in [3.8, 4) is 0 Å². The van der Waals surface area contributed by atoms with Crippen molar-refractivity contribution in [1.29, 1.82) is 0 Å². The number of phosphoric acid groups is 1. The van der Waals surface area contributed by atoms with Crippen molar-refractivity contribution in [2.45, 2.75) is 180 Å². The van der Waals surface area contributed by atoms with Gasteiger partial charge in [0.1, 0.15) is 12.6 Å². The first-order valence-corrected chi connectivity index (χ1v) is 20.2. The van der Waals surface area contributed by atoms with Gasteiger partial charge in [0.15, 0.2) is 6.10 Å². The molecule has 0 saturated carbocycles. The molecule has 0 aliphatic carbocycles. The van der Waals surface area contributed by atoms with Gasteiger partial charge in [-0.15, -0.1) is 0 Å². The fraction of sp³-hybridized carbons (Fsp3) is 0.861. The summed E-state index contributed by atoms with van der Waals surface area (Å²) >= 11 is 0. The van der Waals surface area contributed by atoms with Gasteiger partial charge in [0.25, 0.3) is 0 Å². The summed E-state index contributed by atoms with van der Waals surface area (Å²) in [5, 5.41) is 8.84. The second-order valence-corrected chi connectivity index (χ2v) is 14.2. The molecule has 0 bridgehead atoms. The number of carboxylic acid groups (broad SMARTS) is 1. The van der Waals surface area contributed by atoms with Crippen molar-refractivity contribution >= 4 is 25.7 Å². The monoisotopic (exact) mass is 705 g/mol. The first-order chi connectivity index (χ1) is 23.1. The van der Waals surface area contributed by atoms with E-state index in [1.54, 1.807) is 0 Å². The van der Waals surface area contributed by atoms with Gasteiger partial charge >= 0.3 is 25.7 Å². The summed E-state index contributed by atoms with van der Waals surface area (Å²) in [4.78, 5) is 45.6. The average Bonchev–Trinajstić information content (AvgIpc) is 3.05. The molecule has 0 aromatic rings. The van der Waals surface area contributed by atoms with Gasteiger partial charge in [0.05, 0.1) is 13.2 Å². The summed E-state index contributed by atoms with van der Waals surface area (Å²) in [6, 6.07) is -1.52. The largest absolute Gasteiger partial charge is 0.480 e. The Hall–Kier alpha value is -1.78. The molecule has 0 fully saturated rings. The maximum atomic E-state index is 12.5. The molecule has 282 valence electrons. The molecule has 1 unspecified atom stereocenters. The second kappa shape index (κ2) is 32.4. The highest BCUT2D eigenvalue weighted by Crippen LogP contribution is 2.43. The minimum atomic E-state index is -4.70. The third-order valence-corrected chi connectivity index (χ3v) is 8.96. The van der Waals surface area contributed by atoms with Crippen molar-refractivity contribution in [2.24, 2.45) is 5.73 Å². The zero-order chi connectivity index (χ0) is 35.7. The molecule has 0 saturated heterocycles. The highest BCUT2D eigenvalue weighted by Gasteiger charge is 2.28. The topological polar surface area (TPSA) is 172 Å². The maximum absolute atomic E-state index is 12.5. The highest BCUT2D eigenvalue weighted by molar-refractivity contribution is 7.47. The highest BCUT2D eigenvalue weighted by atomic mass is 31.2. The SMILES string of the molecule is CCCC/C=C/CCCCCCCCCCCC(=O)OC[C@@H](COP(=O)(O)OC[C@@H](N)C(=O)O)OC(=O)CCCCCCCCCCC. The van der Waals surface area contributed by atoms with Crippen molar-refractivity contribution < 1.29 is 47.5 Å². The predicted molar refractivity (Wildman–Crippen MR) is 189 cm³/mol. The molecule has 0 rings (SSSR count). The van der Waals surface area contributed by atoms with Crippen LogP contribution in [0, 0.1) is 0 Å². The molecule has 0 amide bonds. The molecule has 0 heterocycles. The Kier molecular flexibility index (Phi) is 31.2. The number of ether oxygens (including phenoxy) is 2. The lowest BCUT2D eigenvalue weighted by Crippen LogP contribution is -2.34. The van der Waals surface area contributed by atoms with Gasteiger partial charge in [-0.2, -0.15) is 0 Å². The van der Waals surface area contributed by atoms with Crippen LogP contribution in [0.1, 0.15) is 168 Å². The minimum Gasteiger partial charge on any atom is -0.480 e. The lowest BCUT2D eigenvalue weighted by atomic mass is 10.1. The van der Waals surface area contributed by atoms with Gasteiger partial charge in [-0.3, -0.25) is 23.4 Å². The zero-order valence-corrected chi connectivity index (χ0v) is 31.0. The van der Waals surface area contributed by atoms with E-state index >= 15 is 0 Å². The van der Waals surface area contributed by atoms with E-state index in [0.717, 1.165) is 38.5 Å².